The molecule has 0 radical (unpaired) electrons. The zero-order valence-corrected chi connectivity index (χ0v) is 17.6. The Hall–Kier alpha value is -2.54. The third-order valence-electron chi connectivity index (χ3n) is 6.17. The quantitative estimate of drug-likeness (QED) is 0.527. The molecule has 1 aliphatic carbocycles. The van der Waals surface area contributed by atoms with Crippen molar-refractivity contribution in [2.24, 2.45) is 10.2 Å². The number of aliphatic imine (C=N–C) groups is 1. The number of rotatable bonds is 8. The molecule has 0 saturated carbocycles. The first-order valence-electron chi connectivity index (χ1n) is 11.2. The van der Waals surface area contributed by atoms with E-state index in [0.29, 0.717) is 24.3 Å². The van der Waals surface area contributed by atoms with Gasteiger partial charge in [-0.05, 0) is 61.5 Å². The maximum atomic E-state index is 11.0. The Morgan fingerprint density at radius 1 is 1.03 bits per heavy atom. The van der Waals surface area contributed by atoms with Crippen molar-refractivity contribution in [3.63, 3.8) is 0 Å². The number of aryl methyl sites for hydroxylation is 1. The van der Waals surface area contributed by atoms with E-state index in [4.69, 9.17) is 4.98 Å². The van der Waals surface area contributed by atoms with Gasteiger partial charge in [-0.1, -0.05) is 18.6 Å². The molecule has 1 aromatic heterocycles. The molecule has 0 spiro atoms. The Labute approximate surface area is 177 Å². The molecule has 1 N–H and O–H groups in total. The molecule has 0 aromatic carbocycles. The predicted octanol–water partition coefficient (Wildman–Crippen LogP) is 2.45. The average Bonchev–Trinajstić information content (AvgIpc) is 2.79. The minimum atomic E-state index is 0.438. The van der Waals surface area contributed by atoms with Crippen LogP contribution in [0.5, 0.6) is 0 Å². The van der Waals surface area contributed by atoms with Crippen molar-refractivity contribution in [2.45, 2.75) is 51.4 Å². The van der Waals surface area contributed by atoms with Crippen molar-refractivity contribution in [3.05, 3.63) is 44.9 Å². The monoisotopic (exact) mass is 409 g/mol. The van der Waals surface area contributed by atoms with E-state index in [2.05, 4.69) is 38.2 Å². The van der Waals surface area contributed by atoms with Gasteiger partial charge in [0.25, 0.3) is 0 Å². The molecule has 1 aromatic rings. The SMILES string of the molecule is O=NC1=c2nc(CCCCCN3CCN(C4=C(O)CCC=N4)CC3)ccc2=CCC1. The first-order chi connectivity index (χ1) is 14.7. The van der Waals surface area contributed by atoms with Crippen LogP contribution in [0.2, 0.25) is 0 Å². The average molecular weight is 410 g/mol. The molecule has 0 amide bonds. The molecule has 30 heavy (non-hydrogen) atoms. The van der Waals surface area contributed by atoms with E-state index in [1.165, 1.54) is 12.8 Å². The molecule has 0 atom stereocenters. The number of fused-ring (bicyclic) bond motifs is 1. The van der Waals surface area contributed by atoms with Crippen LogP contribution < -0.4 is 10.6 Å². The normalized spacial score (nSPS) is 19.6. The summed E-state index contributed by atoms with van der Waals surface area (Å²) >= 11 is 0. The summed E-state index contributed by atoms with van der Waals surface area (Å²) in [5, 5.41) is 15.1. The van der Waals surface area contributed by atoms with E-state index in [9.17, 15) is 10.0 Å². The van der Waals surface area contributed by atoms with E-state index in [0.717, 1.165) is 80.5 Å². The Bertz CT molecular complexity index is 945. The molecule has 3 aliphatic rings. The number of nitrogens with zero attached hydrogens (tertiary/aromatic N) is 5. The van der Waals surface area contributed by atoms with Crippen LogP contribution in [-0.4, -0.2) is 58.8 Å². The molecule has 0 unspecified atom stereocenters. The molecule has 0 bridgehead atoms. The van der Waals surface area contributed by atoms with Gasteiger partial charge in [0.15, 0.2) is 5.82 Å². The number of piperazine rings is 1. The van der Waals surface area contributed by atoms with Gasteiger partial charge in [-0.25, -0.2) is 4.99 Å². The highest BCUT2D eigenvalue weighted by atomic mass is 16.3. The van der Waals surface area contributed by atoms with Crippen LogP contribution in [0.4, 0.5) is 0 Å². The number of aliphatic hydroxyl groups is 1. The lowest BCUT2D eigenvalue weighted by atomic mass is 10.1. The van der Waals surface area contributed by atoms with Gasteiger partial charge in [0.1, 0.15) is 11.5 Å². The van der Waals surface area contributed by atoms with Gasteiger partial charge in [0, 0.05) is 44.5 Å². The summed E-state index contributed by atoms with van der Waals surface area (Å²) in [5.74, 6) is 1.22. The van der Waals surface area contributed by atoms with Crippen molar-refractivity contribution < 1.29 is 5.11 Å². The lowest BCUT2D eigenvalue weighted by Crippen LogP contribution is -2.46. The summed E-state index contributed by atoms with van der Waals surface area (Å²) in [5.41, 5.74) is 1.65. The molecule has 7 heteroatoms. The molecule has 3 heterocycles. The smallest absolute Gasteiger partial charge is 0.166 e. The second kappa shape index (κ2) is 9.98. The van der Waals surface area contributed by atoms with Crippen LogP contribution in [0.3, 0.4) is 0 Å². The minimum Gasteiger partial charge on any atom is -0.508 e. The van der Waals surface area contributed by atoms with Gasteiger partial charge in [0.2, 0.25) is 0 Å². The van der Waals surface area contributed by atoms with Crippen LogP contribution in [0.25, 0.3) is 11.8 Å². The zero-order valence-electron chi connectivity index (χ0n) is 17.6. The number of aliphatic hydroxyl groups excluding tert-OH is 1. The molecular formula is C23H31N5O2. The zero-order chi connectivity index (χ0) is 20.8. The van der Waals surface area contributed by atoms with Crippen molar-refractivity contribution >= 4 is 18.0 Å². The molecule has 2 aliphatic heterocycles. The van der Waals surface area contributed by atoms with Gasteiger partial charge < -0.3 is 10.0 Å². The fourth-order valence-corrected chi connectivity index (χ4v) is 4.42. The fraction of sp³-hybridized carbons (Fsp3) is 0.565. The molecule has 160 valence electrons. The van der Waals surface area contributed by atoms with Gasteiger partial charge in [-0.15, -0.1) is 4.91 Å². The van der Waals surface area contributed by atoms with Crippen LogP contribution in [0.1, 0.15) is 50.6 Å². The first-order valence-corrected chi connectivity index (χ1v) is 11.2. The van der Waals surface area contributed by atoms with E-state index in [1.54, 1.807) is 0 Å². The number of hydrogen-bond acceptors (Lipinski definition) is 7. The molecular weight excluding hydrogens is 378 g/mol. The Morgan fingerprint density at radius 3 is 2.70 bits per heavy atom. The van der Waals surface area contributed by atoms with Crippen molar-refractivity contribution in [1.82, 2.24) is 14.8 Å². The summed E-state index contributed by atoms with van der Waals surface area (Å²) in [4.78, 5) is 24.8. The third-order valence-corrected chi connectivity index (χ3v) is 6.17. The lowest BCUT2D eigenvalue weighted by molar-refractivity contribution is 0.149. The highest BCUT2D eigenvalue weighted by Crippen LogP contribution is 2.20. The predicted molar refractivity (Wildman–Crippen MR) is 119 cm³/mol. The lowest BCUT2D eigenvalue weighted by Gasteiger charge is -2.36. The van der Waals surface area contributed by atoms with Crippen LogP contribution in [-0.2, 0) is 6.42 Å². The Balaban J connectivity index is 1.18. The maximum Gasteiger partial charge on any atom is 0.166 e. The second-order valence-corrected chi connectivity index (χ2v) is 8.28. The standard InChI is InChI=1S/C23H31N5O2/c29-21-9-5-12-24-23(21)28-16-14-27(15-17-28)13-3-1-2-7-19-11-10-18-6-4-8-20(26-30)22(18)25-19/h6,10-12,29H,1-5,7-9,13-17H2. The number of pyridine rings is 1. The van der Waals surface area contributed by atoms with Gasteiger partial charge in [0.05, 0.1) is 5.35 Å². The third kappa shape index (κ3) is 4.95. The number of nitroso groups, excluding NO2 is 1. The molecule has 1 saturated heterocycles. The largest absolute Gasteiger partial charge is 0.508 e. The summed E-state index contributed by atoms with van der Waals surface area (Å²) in [6.45, 7) is 5.01. The van der Waals surface area contributed by atoms with Crippen molar-refractivity contribution in [1.29, 1.82) is 0 Å². The summed E-state index contributed by atoms with van der Waals surface area (Å²) < 4.78 is 0. The number of allylic oxidation sites excluding steroid dienone is 1. The number of unbranched alkanes of at least 4 members (excludes halogenated alkanes) is 2. The number of aromatic nitrogens is 1. The van der Waals surface area contributed by atoms with Crippen LogP contribution in [0.15, 0.2) is 33.9 Å². The van der Waals surface area contributed by atoms with Crippen molar-refractivity contribution in [3.8, 4) is 0 Å². The Kier molecular flexibility index (Phi) is 6.89. The fourth-order valence-electron chi connectivity index (χ4n) is 4.42. The summed E-state index contributed by atoms with van der Waals surface area (Å²) in [7, 11) is 0. The molecule has 4 rings (SSSR count). The van der Waals surface area contributed by atoms with Gasteiger partial charge in [-0.3, -0.25) is 9.88 Å². The topological polar surface area (TPSA) is 81.4 Å². The van der Waals surface area contributed by atoms with Crippen LogP contribution in [0, 0.1) is 4.91 Å². The maximum absolute atomic E-state index is 11.0. The Morgan fingerprint density at radius 2 is 1.90 bits per heavy atom. The summed E-state index contributed by atoms with van der Waals surface area (Å²) in [6, 6.07) is 4.16. The van der Waals surface area contributed by atoms with Crippen molar-refractivity contribution in [2.75, 3.05) is 32.7 Å². The summed E-state index contributed by atoms with van der Waals surface area (Å²) in [6.07, 6.45) is 11.6. The number of hydrogen-bond donors (Lipinski definition) is 1. The highest BCUT2D eigenvalue weighted by molar-refractivity contribution is 5.61. The van der Waals surface area contributed by atoms with Gasteiger partial charge in [-0.2, -0.15) is 0 Å². The molecule has 1 fully saturated rings. The van der Waals surface area contributed by atoms with E-state index >= 15 is 0 Å². The van der Waals surface area contributed by atoms with Gasteiger partial charge >= 0.3 is 0 Å². The molecule has 7 nitrogen and oxygen atoms in total. The minimum absolute atomic E-state index is 0.438. The van der Waals surface area contributed by atoms with Crippen LogP contribution >= 0.6 is 0 Å². The second-order valence-electron chi connectivity index (χ2n) is 8.28. The van der Waals surface area contributed by atoms with E-state index in [1.807, 2.05) is 6.21 Å². The van der Waals surface area contributed by atoms with E-state index < -0.39 is 0 Å². The first kappa shape index (κ1) is 20.7. The van der Waals surface area contributed by atoms with E-state index in [-0.39, 0.29) is 0 Å². The highest BCUT2D eigenvalue weighted by Gasteiger charge is 2.21.